The van der Waals surface area contributed by atoms with Gasteiger partial charge >= 0.3 is 126 Å². The van der Waals surface area contributed by atoms with Crippen LogP contribution in [0, 0.1) is 0 Å². The van der Waals surface area contributed by atoms with E-state index < -0.39 is 26.9 Å². The summed E-state index contributed by atoms with van der Waals surface area (Å²) in [7, 11) is -1.16. The predicted molar refractivity (Wildman–Crippen MR) is 89.9 cm³/mol. The molecule has 0 radical (unpaired) electrons. The van der Waals surface area contributed by atoms with Crippen molar-refractivity contribution in [2.75, 3.05) is 0 Å². The van der Waals surface area contributed by atoms with Crippen LogP contribution in [0.1, 0.15) is 48.0 Å². The Balaban J connectivity index is 4.46. The molecule has 0 heterocycles. The minimum atomic E-state index is -2.52. The summed E-state index contributed by atoms with van der Waals surface area (Å²) in [5, 5.41) is 0. The van der Waals surface area contributed by atoms with Crippen molar-refractivity contribution in [3.05, 3.63) is 0 Å². The zero-order valence-corrected chi connectivity index (χ0v) is 17.8. The van der Waals surface area contributed by atoms with Gasteiger partial charge in [0.25, 0.3) is 0 Å². The van der Waals surface area contributed by atoms with Gasteiger partial charge in [0.05, 0.1) is 0 Å². The second kappa shape index (κ2) is 9.43. The molecule has 0 fully saturated rings. The van der Waals surface area contributed by atoms with Crippen molar-refractivity contribution in [3.8, 4) is 0 Å². The Labute approximate surface area is 126 Å². The fourth-order valence-corrected chi connectivity index (χ4v) is 13.4. The third-order valence-corrected chi connectivity index (χ3v) is 24.1. The molecule has 0 spiro atoms. The molecule has 0 rings (SSSR count). The van der Waals surface area contributed by atoms with E-state index in [1.165, 1.54) is 18.1 Å². The predicted octanol–water partition coefficient (Wildman–Crippen LogP) is 5.43. The molecule has 0 saturated heterocycles. The Morgan fingerprint density at radius 3 is 1.63 bits per heavy atom. The van der Waals surface area contributed by atoms with Crippen LogP contribution in [0.25, 0.3) is 0 Å². The summed E-state index contributed by atoms with van der Waals surface area (Å²) in [6.07, 6.45) is 0.681. The molecule has 0 aromatic carbocycles. The Hall–Kier alpha value is 0.486. The zero-order chi connectivity index (χ0) is 14.9. The van der Waals surface area contributed by atoms with Crippen molar-refractivity contribution in [1.82, 2.24) is 0 Å². The second-order valence-corrected chi connectivity index (χ2v) is 24.8. The SMILES string of the molecule is CC[Si](CC)(CC)CCC(=O)[O][Sn]([CH2]C)([CH2]C)[CH2]C. The van der Waals surface area contributed by atoms with Gasteiger partial charge in [0.2, 0.25) is 0 Å². The van der Waals surface area contributed by atoms with Gasteiger partial charge in [-0.05, 0) is 0 Å². The average Bonchev–Trinajstić information content (AvgIpc) is 2.47. The molecule has 0 N–H and O–H groups in total. The molecule has 114 valence electrons. The molecule has 0 aliphatic carbocycles. The first-order chi connectivity index (χ1) is 8.96. The molecule has 2 nitrogen and oxygen atoms in total. The Bertz CT molecular complexity index is 244. The van der Waals surface area contributed by atoms with Crippen molar-refractivity contribution >= 4 is 32.8 Å². The number of hydrogen-bond acceptors (Lipinski definition) is 2. The Kier molecular flexibility index (Phi) is 9.67. The molecular formula is C15H34O2SiSn. The molecule has 0 atom stereocenters. The number of carbonyl (C=O) groups excluding carboxylic acids is 1. The van der Waals surface area contributed by atoms with E-state index in [0.29, 0.717) is 6.42 Å². The monoisotopic (exact) mass is 394 g/mol. The van der Waals surface area contributed by atoms with Crippen molar-refractivity contribution in [2.24, 2.45) is 0 Å². The summed E-state index contributed by atoms with van der Waals surface area (Å²) < 4.78 is 9.40. The van der Waals surface area contributed by atoms with Crippen LogP contribution in [0.3, 0.4) is 0 Å². The first kappa shape index (κ1) is 19.5. The van der Waals surface area contributed by atoms with Gasteiger partial charge < -0.3 is 0 Å². The van der Waals surface area contributed by atoms with E-state index in [0.717, 1.165) is 19.4 Å². The number of hydrogen-bond donors (Lipinski definition) is 0. The van der Waals surface area contributed by atoms with Crippen molar-refractivity contribution in [3.63, 3.8) is 0 Å². The standard InChI is InChI=1S/C9H20O2Si.3C2H5.Sn/c1-4-12(5-2,6-3)8-7-9(10)11;3*1-2;/h4-8H2,1-3H3,(H,10,11);3*1H2,2H3;/q;;;;+1/p-1. The van der Waals surface area contributed by atoms with Crippen LogP contribution in [0.4, 0.5) is 0 Å². The molecule has 19 heavy (non-hydrogen) atoms. The number of rotatable bonds is 10. The van der Waals surface area contributed by atoms with E-state index in [2.05, 4.69) is 41.5 Å². The second-order valence-electron chi connectivity index (χ2n) is 5.78. The molecular weight excluding hydrogens is 359 g/mol. The van der Waals surface area contributed by atoms with Crippen molar-refractivity contribution in [2.45, 2.75) is 85.4 Å². The summed E-state index contributed by atoms with van der Waals surface area (Å²) >= 11 is -2.52. The molecule has 0 aromatic rings. The number of carbonyl (C=O) groups is 1. The van der Waals surface area contributed by atoms with Gasteiger partial charge in [-0.3, -0.25) is 0 Å². The third-order valence-electron chi connectivity index (χ3n) is 5.37. The van der Waals surface area contributed by atoms with E-state index in [4.69, 9.17) is 3.07 Å². The van der Waals surface area contributed by atoms with Crippen LogP contribution in [0.2, 0.25) is 37.5 Å². The van der Waals surface area contributed by atoms with Crippen molar-refractivity contribution < 1.29 is 7.87 Å². The summed E-state index contributed by atoms with van der Waals surface area (Å²) in [5.41, 5.74) is 0. The molecule has 0 unspecified atom stereocenters. The summed E-state index contributed by atoms with van der Waals surface area (Å²) in [6.45, 7) is 13.5. The van der Waals surface area contributed by atoms with E-state index in [1.807, 2.05) is 0 Å². The van der Waals surface area contributed by atoms with E-state index in [9.17, 15) is 4.79 Å². The van der Waals surface area contributed by atoms with Gasteiger partial charge in [0.15, 0.2) is 0 Å². The van der Waals surface area contributed by atoms with E-state index >= 15 is 0 Å². The third kappa shape index (κ3) is 5.78. The topological polar surface area (TPSA) is 26.3 Å². The van der Waals surface area contributed by atoms with Gasteiger partial charge in [0, 0.05) is 0 Å². The quantitative estimate of drug-likeness (QED) is 0.463. The molecule has 0 aliphatic heterocycles. The molecule has 0 saturated carbocycles. The Morgan fingerprint density at radius 1 is 0.895 bits per heavy atom. The molecule has 0 aromatic heterocycles. The molecule has 4 heteroatoms. The van der Waals surface area contributed by atoms with Crippen LogP contribution < -0.4 is 0 Å². The van der Waals surface area contributed by atoms with Gasteiger partial charge in [-0.15, -0.1) is 0 Å². The van der Waals surface area contributed by atoms with E-state index in [1.54, 1.807) is 0 Å². The van der Waals surface area contributed by atoms with Crippen LogP contribution in [0.5, 0.6) is 0 Å². The normalized spacial score (nSPS) is 12.5. The van der Waals surface area contributed by atoms with Crippen LogP contribution in [-0.2, 0) is 7.87 Å². The van der Waals surface area contributed by atoms with Crippen LogP contribution >= 0.6 is 0 Å². The first-order valence-electron chi connectivity index (χ1n) is 8.18. The van der Waals surface area contributed by atoms with Crippen molar-refractivity contribution in [1.29, 1.82) is 0 Å². The minimum absolute atomic E-state index is 0.119. The zero-order valence-electron chi connectivity index (χ0n) is 14.0. The van der Waals surface area contributed by atoms with Gasteiger partial charge in [-0.2, -0.15) is 0 Å². The maximum atomic E-state index is 12.2. The molecule has 0 bridgehead atoms. The molecule has 0 aliphatic rings. The fraction of sp³-hybridized carbons (Fsp3) is 0.933. The summed E-state index contributed by atoms with van der Waals surface area (Å²) in [6, 6.07) is 5.04. The fourth-order valence-electron chi connectivity index (χ4n) is 2.91. The first-order valence-corrected chi connectivity index (χ1v) is 18.2. The van der Waals surface area contributed by atoms with Crippen LogP contribution in [-0.4, -0.2) is 32.8 Å². The van der Waals surface area contributed by atoms with Gasteiger partial charge in [0.1, 0.15) is 0 Å². The van der Waals surface area contributed by atoms with Crippen LogP contribution in [0.15, 0.2) is 0 Å². The average molecular weight is 393 g/mol. The summed E-state index contributed by atoms with van der Waals surface area (Å²) in [4.78, 5) is 12.2. The van der Waals surface area contributed by atoms with Gasteiger partial charge in [-0.25, -0.2) is 0 Å². The maximum absolute atomic E-state index is 12.2. The molecule has 0 amide bonds. The Morgan fingerprint density at radius 2 is 1.32 bits per heavy atom. The van der Waals surface area contributed by atoms with E-state index in [-0.39, 0.29) is 5.97 Å². The summed E-state index contributed by atoms with van der Waals surface area (Å²) in [5.74, 6) is 0.119. The van der Waals surface area contributed by atoms with Gasteiger partial charge in [-0.1, -0.05) is 0 Å².